The van der Waals surface area contributed by atoms with E-state index < -0.39 is 0 Å². The molecule has 1 aliphatic heterocycles. The first kappa shape index (κ1) is 20.5. The molecule has 2 heterocycles. The molecule has 0 bridgehead atoms. The molecule has 0 unspecified atom stereocenters. The zero-order valence-corrected chi connectivity index (χ0v) is 18.9. The fraction of sp³-hybridized carbons (Fsp3) is 0.190. The van der Waals surface area contributed by atoms with Gasteiger partial charge >= 0.3 is 0 Å². The second-order valence-corrected chi connectivity index (χ2v) is 7.64. The van der Waals surface area contributed by atoms with E-state index in [0.717, 1.165) is 22.8 Å². The Kier molecular flexibility index (Phi) is 6.68. The summed E-state index contributed by atoms with van der Waals surface area (Å²) < 4.78 is 7.34. The van der Waals surface area contributed by atoms with Crippen molar-refractivity contribution in [1.82, 2.24) is 0 Å². The van der Waals surface area contributed by atoms with Gasteiger partial charge in [-0.3, -0.25) is 0 Å². The van der Waals surface area contributed by atoms with E-state index >= 15 is 0 Å². The van der Waals surface area contributed by atoms with Gasteiger partial charge in [-0.15, -0.1) is 0 Å². The van der Waals surface area contributed by atoms with E-state index in [-0.39, 0.29) is 24.0 Å². The van der Waals surface area contributed by atoms with Crippen LogP contribution < -0.4 is 33.4 Å². The van der Waals surface area contributed by atoms with Gasteiger partial charge in [0.15, 0.2) is 6.54 Å². The molecule has 0 radical (unpaired) electrons. The number of nitrogens with zero attached hydrogens (tertiary/aromatic N) is 2. The highest BCUT2D eigenvalue weighted by Gasteiger charge is 2.23. The van der Waals surface area contributed by atoms with Gasteiger partial charge in [-0.1, -0.05) is 36.0 Å². The van der Waals surface area contributed by atoms with Crippen LogP contribution in [-0.2, 0) is 11.3 Å². The predicted octanol–water partition coefficient (Wildman–Crippen LogP) is 1.97. The number of anilines is 1. The lowest BCUT2D eigenvalue weighted by Crippen LogP contribution is -3.00. The Morgan fingerprint density at radius 3 is 2.67 bits per heavy atom. The molecule has 0 atom stereocenters. The van der Waals surface area contributed by atoms with Crippen molar-refractivity contribution in [2.45, 2.75) is 11.4 Å². The molecular weight excluding hydrogens is 491 g/mol. The summed E-state index contributed by atoms with van der Waals surface area (Å²) >= 11 is 8.40. The fourth-order valence-electron chi connectivity index (χ4n) is 3.26. The number of pyridine rings is 1. The van der Waals surface area contributed by atoms with Gasteiger partial charge in [-0.05, 0) is 41.4 Å². The van der Waals surface area contributed by atoms with Crippen LogP contribution in [0.4, 0.5) is 5.69 Å². The summed E-state index contributed by atoms with van der Waals surface area (Å²) in [6.45, 7) is 1.36. The van der Waals surface area contributed by atoms with Gasteiger partial charge in [0.2, 0.25) is 5.52 Å². The van der Waals surface area contributed by atoms with Crippen molar-refractivity contribution in [2.75, 3.05) is 25.7 Å². The molecule has 0 saturated heterocycles. The number of rotatable bonds is 4. The average Bonchev–Trinajstić information content (AvgIpc) is 2.97. The predicted molar refractivity (Wildman–Crippen MR) is 110 cm³/mol. The number of hydrogen-bond acceptors (Lipinski definition) is 3. The van der Waals surface area contributed by atoms with Crippen LogP contribution >= 0.6 is 23.4 Å². The van der Waals surface area contributed by atoms with Crippen LogP contribution in [0.2, 0.25) is 5.15 Å². The third-order valence-corrected chi connectivity index (χ3v) is 6.09. The van der Waals surface area contributed by atoms with Crippen molar-refractivity contribution in [2.24, 2.45) is 0 Å². The highest BCUT2D eigenvalue weighted by atomic mass is 127. The van der Waals surface area contributed by atoms with Gasteiger partial charge in [0.1, 0.15) is 6.61 Å². The van der Waals surface area contributed by atoms with E-state index in [9.17, 15) is 0 Å². The molecule has 0 aliphatic carbocycles. The maximum absolute atomic E-state index is 6.61. The smallest absolute Gasteiger partial charge is 0.276 e. The van der Waals surface area contributed by atoms with Crippen molar-refractivity contribution in [3.8, 4) is 0 Å². The Balaban J connectivity index is 0.00000210. The maximum atomic E-state index is 6.61. The fourth-order valence-corrected chi connectivity index (χ4v) is 4.66. The van der Waals surface area contributed by atoms with E-state index in [1.165, 1.54) is 21.0 Å². The second kappa shape index (κ2) is 8.82. The molecule has 140 valence electrons. The molecule has 1 aromatic heterocycles. The van der Waals surface area contributed by atoms with Crippen molar-refractivity contribution in [1.29, 1.82) is 0 Å². The highest BCUT2D eigenvalue weighted by molar-refractivity contribution is 8.03. The van der Waals surface area contributed by atoms with Gasteiger partial charge in [0, 0.05) is 31.2 Å². The second-order valence-electron chi connectivity index (χ2n) is 6.20. The van der Waals surface area contributed by atoms with Gasteiger partial charge in [-0.2, -0.15) is 4.57 Å². The number of hydrogen-bond donors (Lipinski definition) is 0. The number of fused-ring (bicyclic) bond motifs is 2. The van der Waals surface area contributed by atoms with Crippen molar-refractivity contribution in [3.05, 3.63) is 70.3 Å². The third kappa shape index (κ3) is 3.97. The van der Waals surface area contributed by atoms with Crippen LogP contribution in [0.15, 0.2) is 64.5 Å². The summed E-state index contributed by atoms with van der Waals surface area (Å²) in [6.07, 6.45) is 2.22. The lowest BCUT2D eigenvalue weighted by molar-refractivity contribution is -0.670. The molecule has 0 N–H and O–H groups in total. The summed E-state index contributed by atoms with van der Waals surface area (Å²) in [4.78, 5) is 3.51. The van der Waals surface area contributed by atoms with Crippen LogP contribution in [-0.4, -0.2) is 20.8 Å². The molecule has 0 saturated carbocycles. The number of aromatic nitrogens is 1. The molecule has 27 heavy (non-hydrogen) atoms. The van der Waals surface area contributed by atoms with E-state index in [1.807, 2.05) is 12.1 Å². The van der Waals surface area contributed by atoms with Crippen LogP contribution in [0.3, 0.4) is 0 Å². The summed E-state index contributed by atoms with van der Waals surface area (Å²) in [6, 6.07) is 18.9. The highest BCUT2D eigenvalue weighted by Crippen LogP contribution is 2.45. The van der Waals surface area contributed by atoms with Gasteiger partial charge in [-0.25, -0.2) is 0 Å². The maximum Gasteiger partial charge on any atom is 0.276 e. The third-order valence-electron chi connectivity index (χ3n) is 4.61. The SMILES string of the molecule is COCC[n+]1c(Cl)cc(C=C2Sc3ccccc3N2C)c2ccccc21.[I-]. The minimum Gasteiger partial charge on any atom is -1.00 e. The summed E-state index contributed by atoms with van der Waals surface area (Å²) in [5, 5.41) is 3.10. The normalized spacial score (nSPS) is 14.5. The van der Waals surface area contributed by atoms with E-state index in [2.05, 4.69) is 65.1 Å². The largest absolute Gasteiger partial charge is 1.00 e. The molecule has 3 nitrogen and oxygen atoms in total. The standard InChI is InChI=1S/C21H20ClN2OS.HI/c1-23-18-9-5-6-10-19(18)26-21(23)14-15-13-20(22)24(11-12-25-2)17-8-4-3-7-16(15)17;/h3-10,13-14H,11-12H2,1-2H3;1H/q+1;/p-1. The summed E-state index contributed by atoms with van der Waals surface area (Å²) in [7, 11) is 3.82. The number of para-hydroxylation sites is 2. The average molecular weight is 511 g/mol. The minimum atomic E-state index is 0. The number of ether oxygens (including phenoxy) is 1. The van der Waals surface area contributed by atoms with Crippen LogP contribution in [0.1, 0.15) is 5.56 Å². The zero-order valence-electron chi connectivity index (χ0n) is 15.2. The molecule has 1 aliphatic rings. The van der Waals surface area contributed by atoms with Crippen molar-refractivity contribution < 1.29 is 33.3 Å². The lowest BCUT2D eigenvalue weighted by Gasteiger charge is -2.14. The number of benzene rings is 2. The zero-order chi connectivity index (χ0) is 18.1. The van der Waals surface area contributed by atoms with E-state index in [4.69, 9.17) is 16.3 Å². The molecule has 0 amide bonds. The van der Waals surface area contributed by atoms with Crippen molar-refractivity contribution >= 4 is 46.0 Å². The number of methoxy groups -OCH3 is 1. The lowest BCUT2D eigenvalue weighted by atomic mass is 10.1. The Labute approximate surface area is 186 Å². The molecular formula is C21H20ClIN2OS. The van der Waals surface area contributed by atoms with Gasteiger partial charge in [0.05, 0.1) is 16.1 Å². The topological polar surface area (TPSA) is 16.4 Å². The molecule has 3 aromatic rings. The van der Waals surface area contributed by atoms with E-state index in [0.29, 0.717) is 6.61 Å². The van der Waals surface area contributed by atoms with Crippen LogP contribution in [0, 0.1) is 0 Å². The van der Waals surface area contributed by atoms with Crippen LogP contribution in [0.5, 0.6) is 0 Å². The minimum absolute atomic E-state index is 0. The summed E-state index contributed by atoms with van der Waals surface area (Å²) in [5.41, 5.74) is 3.48. The van der Waals surface area contributed by atoms with E-state index in [1.54, 1.807) is 18.9 Å². The Morgan fingerprint density at radius 1 is 1.15 bits per heavy atom. The molecule has 0 fully saturated rings. The van der Waals surface area contributed by atoms with Gasteiger partial charge in [0.25, 0.3) is 5.15 Å². The monoisotopic (exact) mass is 510 g/mol. The first-order valence-electron chi connectivity index (χ1n) is 8.51. The first-order chi connectivity index (χ1) is 12.7. The Bertz CT molecular complexity index is 1010. The van der Waals surface area contributed by atoms with Crippen molar-refractivity contribution in [3.63, 3.8) is 0 Å². The number of halogens is 2. The Morgan fingerprint density at radius 2 is 1.89 bits per heavy atom. The number of thioether (sulfide) groups is 1. The van der Waals surface area contributed by atoms with Gasteiger partial charge < -0.3 is 33.6 Å². The quantitative estimate of drug-likeness (QED) is 0.303. The molecule has 2 aromatic carbocycles. The molecule has 0 spiro atoms. The summed E-state index contributed by atoms with van der Waals surface area (Å²) in [5.74, 6) is 0. The molecule has 6 heteroatoms. The Hall–Kier alpha value is -1.28. The molecule has 4 rings (SSSR count). The van der Waals surface area contributed by atoms with Crippen LogP contribution in [0.25, 0.3) is 17.0 Å². The first-order valence-corrected chi connectivity index (χ1v) is 9.71.